The number of aryl methyl sites for hydroxylation is 1. The molecular formula is C20H23FN2O4. The molecule has 0 heterocycles. The van der Waals surface area contributed by atoms with Gasteiger partial charge in [0.15, 0.2) is 11.5 Å². The lowest BCUT2D eigenvalue weighted by atomic mass is 10.1. The Morgan fingerprint density at radius 2 is 1.89 bits per heavy atom. The van der Waals surface area contributed by atoms with Crippen molar-refractivity contribution in [2.24, 2.45) is 0 Å². The number of hydrogen-bond donors (Lipinski definition) is 2. The summed E-state index contributed by atoms with van der Waals surface area (Å²) in [5.74, 6) is -0.206. The lowest BCUT2D eigenvalue weighted by Crippen LogP contribution is -2.41. The predicted octanol–water partition coefficient (Wildman–Crippen LogP) is 3.02. The Morgan fingerprint density at radius 3 is 2.59 bits per heavy atom. The molecule has 7 heteroatoms. The molecule has 0 aliphatic carbocycles. The van der Waals surface area contributed by atoms with Gasteiger partial charge in [-0.25, -0.2) is 4.39 Å². The molecule has 0 radical (unpaired) electrons. The van der Waals surface area contributed by atoms with Crippen LogP contribution in [0.25, 0.3) is 0 Å². The van der Waals surface area contributed by atoms with Crippen molar-refractivity contribution >= 4 is 11.8 Å². The van der Waals surface area contributed by atoms with Crippen LogP contribution in [0, 0.1) is 5.82 Å². The molecule has 0 bridgehead atoms. The highest BCUT2D eigenvalue weighted by atomic mass is 19.1. The number of hydrazine groups is 1. The smallest absolute Gasteiger partial charge is 0.269 e. The van der Waals surface area contributed by atoms with E-state index in [1.54, 1.807) is 30.3 Å². The highest BCUT2D eigenvalue weighted by molar-refractivity contribution is 5.96. The molecule has 0 saturated heterocycles. The van der Waals surface area contributed by atoms with E-state index in [1.165, 1.54) is 19.2 Å². The van der Waals surface area contributed by atoms with Crippen LogP contribution in [0.1, 0.15) is 35.7 Å². The molecule has 0 aromatic heterocycles. The first kappa shape index (κ1) is 20.2. The first-order valence-corrected chi connectivity index (χ1v) is 8.68. The number of rotatable bonds is 8. The van der Waals surface area contributed by atoms with Crippen LogP contribution in [0.4, 0.5) is 4.39 Å². The van der Waals surface area contributed by atoms with Crippen LogP contribution in [-0.2, 0) is 11.2 Å². The molecule has 27 heavy (non-hydrogen) atoms. The largest absolute Gasteiger partial charge is 0.493 e. The first-order chi connectivity index (χ1) is 13.0. The molecule has 2 amide bonds. The Balaban J connectivity index is 1.86. The van der Waals surface area contributed by atoms with Crippen molar-refractivity contribution in [2.75, 3.05) is 13.7 Å². The predicted molar refractivity (Wildman–Crippen MR) is 99.1 cm³/mol. The molecule has 2 aromatic rings. The number of hydrogen-bond acceptors (Lipinski definition) is 4. The fourth-order valence-electron chi connectivity index (χ4n) is 2.35. The van der Waals surface area contributed by atoms with Gasteiger partial charge in [-0.1, -0.05) is 19.1 Å². The van der Waals surface area contributed by atoms with E-state index in [0.717, 1.165) is 6.42 Å². The van der Waals surface area contributed by atoms with Crippen molar-refractivity contribution in [1.29, 1.82) is 0 Å². The minimum Gasteiger partial charge on any atom is -0.493 e. The number of ether oxygens (including phenoxy) is 2. The lowest BCUT2D eigenvalue weighted by Gasteiger charge is -2.12. The van der Waals surface area contributed by atoms with Crippen molar-refractivity contribution < 1.29 is 23.5 Å². The fraction of sp³-hybridized carbons (Fsp3) is 0.300. The highest BCUT2D eigenvalue weighted by Crippen LogP contribution is 2.28. The van der Waals surface area contributed by atoms with Crippen molar-refractivity contribution in [3.05, 3.63) is 59.4 Å². The minimum atomic E-state index is -0.477. The standard InChI is InChI=1S/C20H23FN2O4/c1-3-11-27-17-9-8-15(13-18(17)26-2)20(25)23-22-19(24)10-7-14-5-4-6-16(21)12-14/h4-6,8-9,12-13H,3,7,10-11H2,1-2H3,(H,22,24)(H,23,25). The monoisotopic (exact) mass is 374 g/mol. The summed E-state index contributed by atoms with van der Waals surface area (Å²) < 4.78 is 23.9. The van der Waals surface area contributed by atoms with Crippen molar-refractivity contribution in [3.8, 4) is 11.5 Å². The average molecular weight is 374 g/mol. The maximum Gasteiger partial charge on any atom is 0.269 e. The van der Waals surface area contributed by atoms with E-state index in [9.17, 15) is 14.0 Å². The summed E-state index contributed by atoms with van der Waals surface area (Å²) >= 11 is 0. The second-order valence-electron chi connectivity index (χ2n) is 5.85. The van der Waals surface area contributed by atoms with Crippen LogP contribution in [0.3, 0.4) is 0 Å². The third-order valence-corrected chi connectivity index (χ3v) is 3.73. The SMILES string of the molecule is CCCOc1ccc(C(=O)NNC(=O)CCc2cccc(F)c2)cc1OC. The summed E-state index contributed by atoms with van der Waals surface area (Å²) in [5.41, 5.74) is 5.73. The molecule has 144 valence electrons. The molecule has 6 nitrogen and oxygen atoms in total. The van der Waals surface area contributed by atoms with Crippen LogP contribution in [0.15, 0.2) is 42.5 Å². The van der Waals surface area contributed by atoms with Crippen LogP contribution >= 0.6 is 0 Å². The molecule has 0 spiro atoms. The van der Waals surface area contributed by atoms with Crippen LogP contribution in [0.2, 0.25) is 0 Å². The molecule has 0 aliphatic heterocycles. The van der Waals surface area contributed by atoms with Crippen molar-refractivity contribution in [3.63, 3.8) is 0 Å². The minimum absolute atomic E-state index is 0.122. The number of benzene rings is 2. The van der Waals surface area contributed by atoms with Crippen molar-refractivity contribution in [2.45, 2.75) is 26.2 Å². The molecule has 0 unspecified atom stereocenters. The Labute approximate surface area is 157 Å². The Bertz CT molecular complexity index is 795. The Morgan fingerprint density at radius 1 is 1.07 bits per heavy atom. The van der Waals surface area contributed by atoms with E-state index in [4.69, 9.17) is 9.47 Å². The van der Waals surface area contributed by atoms with Gasteiger partial charge in [0.1, 0.15) is 5.82 Å². The number of nitrogens with one attached hydrogen (secondary N) is 2. The lowest BCUT2D eigenvalue weighted by molar-refractivity contribution is -0.121. The molecule has 0 aliphatic rings. The zero-order valence-corrected chi connectivity index (χ0v) is 15.4. The molecule has 0 saturated carbocycles. The van der Waals surface area contributed by atoms with Gasteiger partial charge in [0.25, 0.3) is 5.91 Å². The van der Waals surface area contributed by atoms with Gasteiger partial charge < -0.3 is 9.47 Å². The number of methoxy groups -OCH3 is 1. The second kappa shape index (κ2) is 10.2. The number of carbonyl (C=O) groups excluding carboxylic acids is 2. The third-order valence-electron chi connectivity index (χ3n) is 3.73. The normalized spacial score (nSPS) is 10.2. The van der Waals surface area contributed by atoms with Gasteiger partial charge >= 0.3 is 0 Å². The van der Waals surface area contributed by atoms with E-state index >= 15 is 0 Å². The molecule has 0 fully saturated rings. The van der Waals surface area contributed by atoms with Crippen LogP contribution < -0.4 is 20.3 Å². The van der Waals surface area contributed by atoms with Gasteiger partial charge in [-0.2, -0.15) is 0 Å². The topological polar surface area (TPSA) is 76.7 Å². The zero-order chi connectivity index (χ0) is 19.6. The van der Waals surface area contributed by atoms with E-state index in [0.29, 0.717) is 35.7 Å². The summed E-state index contributed by atoms with van der Waals surface area (Å²) in [7, 11) is 1.49. The summed E-state index contributed by atoms with van der Waals surface area (Å²) in [4.78, 5) is 24.1. The Hall–Kier alpha value is -3.09. The van der Waals surface area contributed by atoms with E-state index in [2.05, 4.69) is 10.9 Å². The molecular weight excluding hydrogens is 351 g/mol. The number of carbonyl (C=O) groups is 2. The number of amides is 2. The van der Waals surface area contributed by atoms with Gasteiger partial charge in [-0.15, -0.1) is 0 Å². The quantitative estimate of drug-likeness (QED) is 0.697. The van der Waals surface area contributed by atoms with E-state index in [-0.39, 0.29) is 18.1 Å². The maximum absolute atomic E-state index is 13.1. The number of halogens is 1. The van der Waals surface area contributed by atoms with Crippen molar-refractivity contribution in [1.82, 2.24) is 10.9 Å². The van der Waals surface area contributed by atoms with Gasteiger partial charge in [0.2, 0.25) is 5.91 Å². The first-order valence-electron chi connectivity index (χ1n) is 8.68. The summed E-state index contributed by atoms with van der Waals surface area (Å²) in [6.07, 6.45) is 1.35. The summed E-state index contributed by atoms with van der Waals surface area (Å²) in [5, 5.41) is 0. The second-order valence-corrected chi connectivity index (χ2v) is 5.85. The van der Waals surface area contributed by atoms with Gasteiger partial charge in [-0.3, -0.25) is 20.4 Å². The van der Waals surface area contributed by atoms with Gasteiger partial charge in [-0.05, 0) is 48.7 Å². The summed E-state index contributed by atoms with van der Waals surface area (Å²) in [6, 6.07) is 10.8. The molecule has 0 atom stereocenters. The Kier molecular flexibility index (Phi) is 7.61. The molecule has 2 aromatic carbocycles. The molecule has 2 rings (SSSR count). The molecule has 2 N–H and O–H groups in total. The fourth-order valence-corrected chi connectivity index (χ4v) is 2.35. The maximum atomic E-state index is 13.1. The van der Waals surface area contributed by atoms with Gasteiger partial charge in [0.05, 0.1) is 13.7 Å². The van der Waals surface area contributed by atoms with E-state index < -0.39 is 5.91 Å². The third kappa shape index (κ3) is 6.29. The average Bonchev–Trinajstić information content (AvgIpc) is 2.68. The van der Waals surface area contributed by atoms with E-state index in [1.807, 2.05) is 6.92 Å². The zero-order valence-electron chi connectivity index (χ0n) is 15.4. The van der Waals surface area contributed by atoms with Gasteiger partial charge in [0, 0.05) is 12.0 Å². The van der Waals surface area contributed by atoms with Crippen LogP contribution in [0.5, 0.6) is 11.5 Å². The van der Waals surface area contributed by atoms with Crippen LogP contribution in [-0.4, -0.2) is 25.5 Å². The highest BCUT2D eigenvalue weighted by Gasteiger charge is 2.12. The summed E-state index contributed by atoms with van der Waals surface area (Å²) in [6.45, 7) is 2.54.